The number of hydrogen-bond acceptors (Lipinski definition) is 5. The Morgan fingerprint density at radius 3 is 2.85 bits per heavy atom. The van der Waals surface area contributed by atoms with Gasteiger partial charge >= 0.3 is 6.03 Å². The largest absolute Gasteiger partial charge is 0.329 e. The summed E-state index contributed by atoms with van der Waals surface area (Å²) in [5.41, 5.74) is 2.79. The number of amides is 2. The summed E-state index contributed by atoms with van der Waals surface area (Å²) >= 11 is 1.63. The van der Waals surface area contributed by atoms with Crippen molar-refractivity contribution in [3.63, 3.8) is 0 Å². The van der Waals surface area contributed by atoms with Crippen LogP contribution in [0.2, 0.25) is 0 Å². The van der Waals surface area contributed by atoms with E-state index in [1.807, 2.05) is 45.0 Å². The third-order valence-electron chi connectivity index (χ3n) is 4.05. The van der Waals surface area contributed by atoms with Crippen LogP contribution in [0.15, 0.2) is 36.9 Å². The van der Waals surface area contributed by atoms with Gasteiger partial charge in [0.15, 0.2) is 0 Å². The Balaban J connectivity index is 1.63. The van der Waals surface area contributed by atoms with Crippen molar-refractivity contribution in [1.29, 1.82) is 0 Å². The van der Waals surface area contributed by atoms with Gasteiger partial charge in [-0.2, -0.15) is 5.10 Å². The van der Waals surface area contributed by atoms with Crippen molar-refractivity contribution in [3.05, 3.63) is 58.1 Å². The van der Waals surface area contributed by atoms with Crippen LogP contribution >= 0.6 is 11.3 Å². The summed E-state index contributed by atoms with van der Waals surface area (Å²) in [5, 5.41) is 10.9. The second-order valence-corrected chi connectivity index (χ2v) is 7.28. The Kier molecular flexibility index (Phi) is 5.62. The molecule has 1 aromatic carbocycles. The number of carbonyl (C=O) groups is 1. The zero-order chi connectivity index (χ0) is 18.5. The van der Waals surface area contributed by atoms with Crippen LogP contribution in [0, 0.1) is 13.8 Å². The first kappa shape index (κ1) is 18.1. The number of nitrogens with zero attached hydrogens (tertiary/aromatic N) is 4. The molecular formula is C18H22N6OS. The number of rotatable bonds is 6. The van der Waals surface area contributed by atoms with E-state index in [1.165, 1.54) is 11.2 Å². The zero-order valence-corrected chi connectivity index (χ0v) is 15.9. The molecule has 3 aromatic rings. The molecule has 0 saturated carbocycles. The second-order valence-electron chi connectivity index (χ2n) is 6.05. The van der Waals surface area contributed by atoms with Crippen LogP contribution in [0.3, 0.4) is 0 Å². The molecule has 136 valence electrons. The van der Waals surface area contributed by atoms with Gasteiger partial charge in [0, 0.05) is 10.6 Å². The number of aryl methyl sites for hydroxylation is 2. The molecule has 2 N–H and O–H groups in total. The van der Waals surface area contributed by atoms with E-state index in [0.29, 0.717) is 6.54 Å². The molecule has 2 amide bonds. The molecule has 3 rings (SSSR count). The van der Waals surface area contributed by atoms with E-state index in [0.717, 1.165) is 28.4 Å². The van der Waals surface area contributed by atoms with Crippen molar-refractivity contribution in [1.82, 2.24) is 25.1 Å². The van der Waals surface area contributed by atoms with Gasteiger partial charge in [-0.15, -0.1) is 11.3 Å². The minimum Gasteiger partial charge on any atom is -0.329 e. The van der Waals surface area contributed by atoms with Crippen molar-refractivity contribution >= 4 is 23.1 Å². The molecular weight excluding hydrogens is 348 g/mol. The fourth-order valence-electron chi connectivity index (χ4n) is 2.56. The van der Waals surface area contributed by atoms with E-state index in [4.69, 9.17) is 0 Å². The Bertz CT molecular complexity index is 854. The summed E-state index contributed by atoms with van der Waals surface area (Å²) in [7, 11) is 0. The number of aromatic nitrogens is 4. The third-order valence-corrected chi connectivity index (χ3v) is 5.24. The lowest BCUT2D eigenvalue weighted by Gasteiger charge is -2.15. The molecule has 8 heteroatoms. The minimum atomic E-state index is -0.236. The number of benzene rings is 1. The second kappa shape index (κ2) is 8.09. The Morgan fingerprint density at radius 2 is 2.19 bits per heavy atom. The highest BCUT2D eigenvalue weighted by Crippen LogP contribution is 2.25. The van der Waals surface area contributed by atoms with E-state index in [2.05, 4.69) is 25.7 Å². The topological polar surface area (TPSA) is 84.7 Å². The average molecular weight is 370 g/mol. The maximum Gasteiger partial charge on any atom is 0.319 e. The lowest BCUT2D eigenvalue weighted by molar-refractivity contribution is 0.248. The Labute approximate surface area is 156 Å². The number of carbonyl (C=O) groups excluding carboxylic acids is 1. The van der Waals surface area contributed by atoms with Gasteiger partial charge < -0.3 is 10.6 Å². The van der Waals surface area contributed by atoms with Crippen molar-refractivity contribution in [2.45, 2.75) is 39.8 Å². The molecule has 2 heterocycles. The summed E-state index contributed by atoms with van der Waals surface area (Å²) in [6.45, 7) is 6.68. The predicted octanol–water partition coefficient (Wildman–Crippen LogP) is 3.67. The molecule has 0 spiro atoms. The molecule has 0 radical (unpaired) electrons. The fourth-order valence-corrected chi connectivity index (χ4v) is 3.62. The van der Waals surface area contributed by atoms with E-state index in [9.17, 15) is 4.79 Å². The summed E-state index contributed by atoms with van der Waals surface area (Å²) < 4.78 is 1.74. The monoisotopic (exact) mass is 370 g/mol. The van der Waals surface area contributed by atoms with E-state index in [-0.39, 0.29) is 12.1 Å². The maximum atomic E-state index is 12.4. The molecule has 26 heavy (non-hydrogen) atoms. The van der Waals surface area contributed by atoms with Gasteiger partial charge in [-0.05, 0) is 38.0 Å². The lowest BCUT2D eigenvalue weighted by Crippen LogP contribution is -2.32. The standard InChI is InChI=1S/C18H22N6OS/c1-4-16(17-21-12(2)13(3)26-17)23-18(25)22-15-7-5-6-14(8-15)9-24-11-19-10-20-24/h5-8,10-11,16H,4,9H2,1-3H3,(H2,22,23,25)/t16-/m1/s1. The molecule has 0 aliphatic heterocycles. The SMILES string of the molecule is CC[C@@H](NC(=O)Nc1cccc(Cn2cncn2)c1)c1nc(C)c(C)s1. The highest BCUT2D eigenvalue weighted by Gasteiger charge is 2.17. The molecule has 0 saturated heterocycles. The van der Waals surface area contributed by atoms with Crippen LogP contribution in [0.1, 0.15) is 40.5 Å². The van der Waals surface area contributed by atoms with Crippen molar-refractivity contribution in [2.75, 3.05) is 5.32 Å². The van der Waals surface area contributed by atoms with Crippen molar-refractivity contribution < 1.29 is 4.79 Å². The van der Waals surface area contributed by atoms with Gasteiger partial charge in [-0.3, -0.25) is 0 Å². The highest BCUT2D eigenvalue weighted by molar-refractivity contribution is 7.11. The van der Waals surface area contributed by atoms with Crippen LogP contribution in [0.4, 0.5) is 10.5 Å². The third kappa shape index (κ3) is 4.45. The molecule has 0 aliphatic carbocycles. The molecule has 0 fully saturated rings. The zero-order valence-electron chi connectivity index (χ0n) is 15.1. The molecule has 7 nitrogen and oxygen atoms in total. The molecule has 1 atom stereocenters. The normalized spacial score (nSPS) is 12.0. The molecule has 0 unspecified atom stereocenters. The quantitative estimate of drug-likeness (QED) is 0.693. The summed E-state index contributed by atoms with van der Waals surface area (Å²) in [4.78, 5) is 22.1. The number of thiazole rings is 1. The number of hydrogen-bond donors (Lipinski definition) is 2. The lowest BCUT2D eigenvalue weighted by atomic mass is 10.2. The molecule has 2 aromatic heterocycles. The maximum absolute atomic E-state index is 12.4. The van der Waals surface area contributed by atoms with Gasteiger partial charge in [0.25, 0.3) is 0 Å². The fraction of sp³-hybridized carbons (Fsp3) is 0.333. The van der Waals surface area contributed by atoms with Crippen molar-refractivity contribution in [3.8, 4) is 0 Å². The van der Waals surface area contributed by atoms with E-state index in [1.54, 1.807) is 22.3 Å². The molecule has 0 bridgehead atoms. The van der Waals surface area contributed by atoms with Crippen LogP contribution in [-0.2, 0) is 6.54 Å². The van der Waals surface area contributed by atoms with Crippen LogP contribution in [0.25, 0.3) is 0 Å². The summed E-state index contributed by atoms with van der Waals surface area (Å²) in [6, 6.07) is 7.36. The van der Waals surface area contributed by atoms with Gasteiger partial charge in [-0.1, -0.05) is 19.1 Å². The van der Waals surface area contributed by atoms with E-state index < -0.39 is 0 Å². The van der Waals surface area contributed by atoms with Crippen LogP contribution in [-0.4, -0.2) is 25.8 Å². The predicted molar refractivity (Wildman–Crippen MR) is 102 cm³/mol. The van der Waals surface area contributed by atoms with Crippen LogP contribution < -0.4 is 10.6 Å². The molecule has 0 aliphatic rings. The first-order valence-electron chi connectivity index (χ1n) is 8.48. The van der Waals surface area contributed by atoms with Gasteiger partial charge in [-0.25, -0.2) is 19.4 Å². The smallest absolute Gasteiger partial charge is 0.319 e. The average Bonchev–Trinajstić information content (AvgIpc) is 3.23. The Hall–Kier alpha value is -2.74. The summed E-state index contributed by atoms with van der Waals surface area (Å²) in [6.07, 6.45) is 3.95. The van der Waals surface area contributed by atoms with Crippen molar-refractivity contribution in [2.24, 2.45) is 0 Å². The number of nitrogens with one attached hydrogen (secondary N) is 2. The number of anilines is 1. The summed E-state index contributed by atoms with van der Waals surface area (Å²) in [5.74, 6) is 0. The van der Waals surface area contributed by atoms with Gasteiger partial charge in [0.2, 0.25) is 0 Å². The van der Waals surface area contributed by atoms with Gasteiger partial charge in [0.1, 0.15) is 17.7 Å². The first-order valence-corrected chi connectivity index (χ1v) is 9.29. The minimum absolute atomic E-state index is 0.0919. The highest BCUT2D eigenvalue weighted by atomic mass is 32.1. The first-order chi connectivity index (χ1) is 12.5. The van der Waals surface area contributed by atoms with Crippen LogP contribution in [0.5, 0.6) is 0 Å². The van der Waals surface area contributed by atoms with Gasteiger partial charge in [0.05, 0.1) is 18.3 Å². The van der Waals surface area contributed by atoms with E-state index >= 15 is 0 Å². The number of urea groups is 1. The Morgan fingerprint density at radius 1 is 1.35 bits per heavy atom.